The van der Waals surface area contributed by atoms with E-state index in [0.717, 1.165) is 6.07 Å². The fraction of sp³-hybridized carbons (Fsp3) is 0.0667. The molecule has 0 atom stereocenters. The Kier molecular flexibility index (Phi) is 4.16. The van der Waals surface area contributed by atoms with Crippen molar-refractivity contribution in [1.82, 2.24) is 20.2 Å². The maximum absolute atomic E-state index is 14.0. The molecule has 0 bridgehead atoms. The SMILES string of the molecule is Cc1nnnn1-c1cc(NC(=O)c2cccc([N+](=O)[O-])c2)ccc1F. The number of aromatic nitrogens is 4. The maximum Gasteiger partial charge on any atom is 0.270 e. The van der Waals surface area contributed by atoms with Gasteiger partial charge in [0, 0.05) is 23.4 Å². The summed E-state index contributed by atoms with van der Waals surface area (Å²) < 4.78 is 15.2. The number of hydrogen-bond donors (Lipinski definition) is 1. The van der Waals surface area contributed by atoms with Crippen LogP contribution in [0.25, 0.3) is 5.69 Å². The third kappa shape index (κ3) is 3.32. The number of benzene rings is 2. The van der Waals surface area contributed by atoms with Crippen molar-refractivity contribution >= 4 is 17.3 Å². The minimum Gasteiger partial charge on any atom is -0.322 e. The van der Waals surface area contributed by atoms with Gasteiger partial charge < -0.3 is 5.32 Å². The number of nitro benzene ring substituents is 1. The van der Waals surface area contributed by atoms with Crippen LogP contribution in [-0.2, 0) is 0 Å². The molecule has 1 heterocycles. The molecule has 0 saturated carbocycles. The van der Waals surface area contributed by atoms with E-state index in [1.54, 1.807) is 6.92 Å². The first-order chi connectivity index (χ1) is 12.0. The van der Waals surface area contributed by atoms with Gasteiger partial charge in [0.15, 0.2) is 5.82 Å². The highest BCUT2D eigenvalue weighted by atomic mass is 19.1. The summed E-state index contributed by atoms with van der Waals surface area (Å²) in [5.41, 5.74) is 0.276. The first kappa shape index (κ1) is 16.2. The number of halogens is 1. The van der Waals surface area contributed by atoms with Gasteiger partial charge in [-0.25, -0.2) is 4.39 Å². The molecular weight excluding hydrogens is 331 g/mol. The molecule has 1 N–H and O–H groups in total. The lowest BCUT2D eigenvalue weighted by Gasteiger charge is -2.09. The van der Waals surface area contributed by atoms with Gasteiger partial charge in [-0.3, -0.25) is 14.9 Å². The topological polar surface area (TPSA) is 116 Å². The highest BCUT2D eigenvalue weighted by Gasteiger charge is 2.14. The molecule has 0 aliphatic rings. The smallest absolute Gasteiger partial charge is 0.270 e. The first-order valence-electron chi connectivity index (χ1n) is 7.06. The molecule has 1 aromatic heterocycles. The van der Waals surface area contributed by atoms with E-state index >= 15 is 0 Å². The number of aryl methyl sites for hydroxylation is 1. The minimum atomic E-state index is -0.590. The summed E-state index contributed by atoms with van der Waals surface area (Å²) >= 11 is 0. The number of non-ortho nitro benzene ring substituents is 1. The number of carbonyl (C=O) groups is 1. The monoisotopic (exact) mass is 342 g/mol. The summed E-state index contributed by atoms with van der Waals surface area (Å²) in [4.78, 5) is 22.5. The number of nitro groups is 1. The Morgan fingerprint density at radius 1 is 1.28 bits per heavy atom. The van der Waals surface area contributed by atoms with Crippen molar-refractivity contribution in [3.8, 4) is 5.69 Å². The number of nitrogens with zero attached hydrogens (tertiary/aromatic N) is 5. The van der Waals surface area contributed by atoms with Gasteiger partial charge in [0.25, 0.3) is 11.6 Å². The number of nitrogens with one attached hydrogen (secondary N) is 1. The molecule has 0 unspecified atom stereocenters. The summed E-state index contributed by atoms with van der Waals surface area (Å²) in [5, 5.41) is 24.2. The van der Waals surface area contributed by atoms with E-state index in [-0.39, 0.29) is 16.9 Å². The molecule has 0 spiro atoms. The molecule has 9 nitrogen and oxygen atoms in total. The van der Waals surface area contributed by atoms with Gasteiger partial charge in [0.05, 0.1) is 4.92 Å². The highest BCUT2D eigenvalue weighted by molar-refractivity contribution is 6.04. The highest BCUT2D eigenvalue weighted by Crippen LogP contribution is 2.20. The minimum absolute atomic E-state index is 0.0688. The maximum atomic E-state index is 14.0. The van der Waals surface area contributed by atoms with Crippen molar-refractivity contribution in [1.29, 1.82) is 0 Å². The zero-order valence-corrected chi connectivity index (χ0v) is 12.9. The van der Waals surface area contributed by atoms with Crippen LogP contribution in [0.3, 0.4) is 0 Å². The van der Waals surface area contributed by atoms with E-state index < -0.39 is 16.6 Å². The van der Waals surface area contributed by atoms with E-state index in [2.05, 4.69) is 20.8 Å². The Labute approximate surface area is 140 Å². The number of tetrazole rings is 1. The normalized spacial score (nSPS) is 10.5. The van der Waals surface area contributed by atoms with E-state index in [1.165, 1.54) is 41.1 Å². The Morgan fingerprint density at radius 3 is 2.76 bits per heavy atom. The van der Waals surface area contributed by atoms with Crippen LogP contribution in [0.4, 0.5) is 15.8 Å². The van der Waals surface area contributed by atoms with Crippen molar-refractivity contribution in [2.45, 2.75) is 6.92 Å². The fourth-order valence-electron chi connectivity index (χ4n) is 2.17. The molecule has 0 aliphatic carbocycles. The molecule has 0 saturated heterocycles. The molecule has 3 rings (SSSR count). The van der Waals surface area contributed by atoms with Gasteiger partial charge in [-0.2, -0.15) is 4.68 Å². The van der Waals surface area contributed by atoms with Crippen molar-refractivity contribution in [3.05, 3.63) is 69.8 Å². The van der Waals surface area contributed by atoms with Gasteiger partial charge in [-0.1, -0.05) is 6.07 Å². The summed E-state index contributed by atoms with van der Waals surface area (Å²) in [6.45, 7) is 1.60. The first-order valence-corrected chi connectivity index (χ1v) is 7.06. The molecular formula is C15H11FN6O3. The average Bonchev–Trinajstić information content (AvgIpc) is 3.02. The Balaban J connectivity index is 1.88. The molecule has 0 aliphatic heterocycles. The molecule has 3 aromatic rings. The van der Waals surface area contributed by atoms with Crippen LogP contribution >= 0.6 is 0 Å². The zero-order chi connectivity index (χ0) is 18.0. The van der Waals surface area contributed by atoms with Crippen LogP contribution in [0.15, 0.2) is 42.5 Å². The van der Waals surface area contributed by atoms with E-state index in [4.69, 9.17) is 0 Å². The molecule has 10 heteroatoms. The van der Waals surface area contributed by atoms with Crippen LogP contribution in [0.5, 0.6) is 0 Å². The van der Waals surface area contributed by atoms with Gasteiger partial charge in [0.1, 0.15) is 11.5 Å². The fourth-order valence-corrected chi connectivity index (χ4v) is 2.17. The van der Waals surface area contributed by atoms with Crippen LogP contribution in [0.1, 0.15) is 16.2 Å². The van der Waals surface area contributed by atoms with E-state index in [9.17, 15) is 19.3 Å². The van der Waals surface area contributed by atoms with E-state index in [1.807, 2.05) is 0 Å². The van der Waals surface area contributed by atoms with Gasteiger partial charge in [0.2, 0.25) is 0 Å². The summed E-state index contributed by atoms with van der Waals surface area (Å²) in [7, 11) is 0. The Hall–Kier alpha value is -3.69. The van der Waals surface area contributed by atoms with Crippen LogP contribution < -0.4 is 5.32 Å². The van der Waals surface area contributed by atoms with Gasteiger partial charge in [-0.05, 0) is 41.6 Å². The second-order valence-electron chi connectivity index (χ2n) is 5.07. The lowest BCUT2D eigenvalue weighted by molar-refractivity contribution is -0.384. The standard InChI is InChI=1S/C15H11FN6O3/c1-9-18-19-20-21(9)14-8-11(5-6-13(14)16)17-15(23)10-3-2-4-12(7-10)22(24)25/h2-8H,1H3,(H,17,23). The second kappa shape index (κ2) is 6.43. The van der Waals surface area contributed by atoms with Crippen LogP contribution in [0.2, 0.25) is 0 Å². The quantitative estimate of drug-likeness (QED) is 0.574. The second-order valence-corrected chi connectivity index (χ2v) is 5.07. The summed E-state index contributed by atoms with van der Waals surface area (Å²) in [6.07, 6.45) is 0. The number of carbonyl (C=O) groups excluding carboxylic acids is 1. The van der Waals surface area contributed by atoms with Crippen LogP contribution in [-0.4, -0.2) is 31.0 Å². The zero-order valence-electron chi connectivity index (χ0n) is 12.9. The average molecular weight is 342 g/mol. The molecule has 1 amide bonds. The predicted molar refractivity (Wildman–Crippen MR) is 84.9 cm³/mol. The molecule has 2 aromatic carbocycles. The van der Waals surface area contributed by atoms with Gasteiger partial charge >= 0.3 is 0 Å². The third-order valence-electron chi connectivity index (χ3n) is 3.38. The molecule has 0 radical (unpaired) electrons. The predicted octanol–water partition coefficient (Wildman–Crippen LogP) is 2.27. The number of rotatable bonds is 4. The van der Waals surface area contributed by atoms with Gasteiger partial charge in [-0.15, -0.1) is 5.10 Å². The third-order valence-corrected chi connectivity index (χ3v) is 3.38. The lowest BCUT2D eigenvalue weighted by atomic mass is 10.2. The Morgan fingerprint density at radius 2 is 2.08 bits per heavy atom. The van der Waals surface area contributed by atoms with Crippen LogP contribution in [0, 0.1) is 22.9 Å². The largest absolute Gasteiger partial charge is 0.322 e. The van der Waals surface area contributed by atoms with Crippen molar-refractivity contribution in [3.63, 3.8) is 0 Å². The molecule has 126 valence electrons. The number of amides is 1. The number of anilines is 1. The Bertz CT molecular complexity index is 971. The summed E-state index contributed by atoms with van der Waals surface area (Å²) in [5.74, 6) is -0.750. The van der Waals surface area contributed by atoms with Crippen molar-refractivity contribution in [2.24, 2.45) is 0 Å². The number of hydrogen-bond acceptors (Lipinski definition) is 6. The lowest BCUT2D eigenvalue weighted by Crippen LogP contribution is -2.13. The van der Waals surface area contributed by atoms with Crippen molar-refractivity contribution < 1.29 is 14.1 Å². The van der Waals surface area contributed by atoms with E-state index in [0.29, 0.717) is 11.5 Å². The molecule has 0 fully saturated rings. The molecule has 25 heavy (non-hydrogen) atoms. The van der Waals surface area contributed by atoms with Crippen molar-refractivity contribution in [2.75, 3.05) is 5.32 Å². The summed E-state index contributed by atoms with van der Waals surface area (Å²) in [6, 6.07) is 9.20.